The van der Waals surface area contributed by atoms with Gasteiger partial charge in [-0.15, -0.1) is 0 Å². The number of hydrogen-bond donors (Lipinski definition) is 0. The average Bonchev–Trinajstić information content (AvgIpc) is 2.65. The normalized spacial score (nSPS) is 26.6. The van der Waals surface area contributed by atoms with Gasteiger partial charge in [-0.25, -0.2) is 0 Å². The van der Waals surface area contributed by atoms with E-state index in [-0.39, 0.29) is 6.61 Å². The van der Waals surface area contributed by atoms with Crippen LogP contribution in [0.5, 0.6) is 0 Å². The van der Waals surface area contributed by atoms with E-state index in [1.807, 2.05) is 0 Å². The van der Waals surface area contributed by atoms with E-state index in [1.54, 1.807) is 11.2 Å². The van der Waals surface area contributed by atoms with Gasteiger partial charge < -0.3 is 18.9 Å². The fraction of sp³-hybridized carbons (Fsp3) is 0.900. The summed E-state index contributed by atoms with van der Waals surface area (Å²) in [4.78, 5) is 26.2. The van der Waals surface area contributed by atoms with Crippen molar-refractivity contribution in [1.29, 1.82) is 0 Å². The van der Waals surface area contributed by atoms with Gasteiger partial charge in [0, 0.05) is 25.9 Å². The third kappa shape index (κ3) is 6.61. The minimum absolute atomic E-state index is 0.113. The minimum Gasteiger partial charge on any atom is -0.463 e. The number of hydrogen-bond acceptors (Lipinski definition) is 8. The molecular weight excluding hydrogens is 438 g/mol. The highest BCUT2D eigenvalue weighted by molar-refractivity contribution is 8.29. The molecule has 1 heterocycles. The van der Waals surface area contributed by atoms with Gasteiger partial charge in [0.1, 0.15) is 43.6 Å². The summed E-state index contributed by atoms with van der Waals surface area (Å²) in [5, 5.41) is 3.92. The lowest BCUT2D eigenvalue weighted by atomic mass is 9.97. The monoisotopic (exact) mass is 475 g/mol. The van der Waals surface area contributed by atoms with Gasteiger partial charge in [0.25, 0.3) is 0 Å². The Morgan fingerprint density at radius 2 is 1.61 bits per heavy atom. The molecule has 0 bridgehead atoms. The molecular formula is C20H37N3O6SSi. The lowest BCUT2D eigenvalue weighted by Gasteiger charge is -2.49. The molecule has 1 aliphatic rings. The number of methoxy groups -OCH3 is 1. The molecule has 178 valence electrons. The van der Waals surface area contributed by atoms with Crippen LogP contribution in [0, 0.1) is 0 Å². The molecule has 1 saturated heterocycles. The van der Waals surface area contributed by atoms with Gasteiger partial charge in [-0.2, -0.15) is 11.2 Å². The fourth-order valence-corrected chi connectivity index (χ4v) is 14.8. The maximum atomic E-state index is 11.8. The van der Waals surface area contributed by atoms with Crippen molar-refractivity contribution >= 4 is 30.4 Å². The first kappa shape index (κ1) is 27.8. The van der Waals surface area contributed by atoms with E-state index in [4.69, 9.17) is 18.9 Å². The van der Waals surface area contributed by atoms with Crippen LogP contribution in [0.4, 0.5) is 0 Å². The van der Waals surface area contributed by atoms with Crippen molar-refractivity contribution in [2.24, 2.45) is 5.11 Å². The third-order valence-corrected chi connectivity index (χ3v) is 18.5. The van der Waals surface area contributed by atoms with Crippen molar-refractivity contribution in [3.8, 4) is 0 Å². The van der Waals surface area contributed by atoms with E-state index in [0.29, 0.717) is 16.6 Å². The van der Waals surface area contributed by atoms with E-state index in [1.165, 1.54) is 21.0 Å². The molecule has 0 N–H and O–H groups in total. The van der Waals surface area contributed by atoms with E-state index >= 15 is 0 Å². The molecule has 0 aromatic rings. The zero-order valence-electron chi connectivity index (χ0n) is 20.0. The minimum atomic E-state index is -1.99. The molecule has 9 nitrogen and oxygen atoms in total. The molecule has 31 heavy (non-hydrogen) atoms. The maximum absolute atomic E-state index is 11.8. The largest absolute Gasteiger partial charge is 0.463 e. The Morgan fingerprint density at radius 3 is 2.00 bits per heavy atom. The van der Waals surface area contributed by atoms with Crippen molar-refractivity contribution < 1.29 is 28.5 Å². The lowest BCUT2D eigenvalue weighted by Crippen LogP contribution is -2.60. The predicted molar refractivity (Wildman–Crippen MR) is 123 cm³/mol. The lowest BCUT2D eigenvalue weighted by molar-refractivity contribution is -0.196. The summed E-state index contributed by atoms with van der Waals surface area (Å²) in [7, 11) is -0.463. The van der Waals surface area contributed by atoms with Crippen LogP contribution in [0.1, 0.15) is 55.4 Å². The van der Waals surface area contributed by atoms with Crippen LogP contribution in [0.2, 0.25) is 16.6 Å². The van der Waals surface area contributed by atoms with Crippen LogP contribution in [0.25, 0.3) is 10.4 Å². The summed E-state index contributed by atoms with van der Waals surface area (Å²) < 4.78 is 22.8. The van der Waals surface area contributed by atoms with E-state index in [9.17, 15) is 15.1 Å². The Hall–Kier alpha value is -1.26. The molecule has 5 atom stereocenters. The summed E-state index contributed by atoms with van der Waals surface area (Å²) in [5.41, 5.74) is 10.1. The molecule has 1 fully saturated rings. The summed E-state index contributed by atoms with van der Waals surface area (Å²) in [6, 6.07) is -0.816. The van der Waals surface area contributed by atoms with Crippen molar-refractivity contribution in [3.05, 3.63) is 10.4 Å². The molecule has 0 amide bonds. The summed E-state index contributed by atoms with van der Waals surface area (Å²) in [6.45, 7) is 15.9. The Morgan fingerprint density at radius 1 is 1.06 bits per heavy atom. The summed E-state index contributed by atoms with van der Waals surface area (Å²) in [5.74, 6) is -1.02. The smallest absolute Gasteiger partial charge is 0.303 e. The van der Waals surface area contributed by atoms with E-state index in [2.05, 4.69) is 51.6 Å². The number of esters is 2. The molecule has 0 saturated carbocycles. The molecule has 0 unspecified atom stereocenters. The van der Waals surface area contributed by atoms with Gasteiger partial charge in [-0.1, -0.05) is 46.7 Å². The van der Waals surface area contributed by atoms with Gasteiger partial charge in [-0.3, -0.25) is 9.59 Å². The third-order valence-electron chi connectivity index (χ3n) is 5.85. The van der Waals surface area contributed by atoms with Gasteiger partial charge in [-0.05, 0) is 22.2 Å². The number of carbonyl (C=O) groups excluding carboxylic acids is 2. The molecule has 0 aromatic carbocycles. The molecule has 11 heteroatoms. The number of carbonyl (C=O) groups is 2. The van der Waals surface area contributed by atoms with Crippen LogP contribution in [0.3, 0.4) is 0 Å². The first-order chi connectivity index (χ1) is 14.4. The molecule has 0 radical (unpaired) electrons. The van der Waals surface area contributed by atoms with Crippen LogP contribution in [-0.2, 0) is 28.5 Å². The number of ether oxygens (including phenoxy) is 4. The molecule has 0 aliphatic carbocycles. The van der Waals surface area contributed by atoms with Gasteiger partial charge >= 0.3 is 11.9 Å². The van der Waals surface area contributed by atoms with Crippen molar-refractivity contribution in [2.75, 3.05) is 13.7 Å². The molecule has 1 aliphatic heterocycles. The van der Waals surface area contributed by atoms with Crippen molar-refractivity contribution in [2.45, 2.75) is 102 Å². The second-order valence-electron chi connectivity index (χ2n) is 8.75. The summed E-state index contributed by atoms with van der Waals surface area (Å²) in [6.07, 6.45) is -2.32. The number of azide groups is 1. The Balaban J connectivity index is 3.45. The van der Waals surface area contributed by atoms with Crippen molar-refractivity contribution in [1.82, 2.24) is 0 Å². The van der Waals surface area contributed by atoms with Gasteiger partial charge in [0.05, 0.1) is 0 Å². The Kier molecular flexibility index (Phi) is 10.8. The Bertz CT molecular complexity index is 650. The predicted octanol–water partition coefficient (Wildman–Crippen LogP) is 4.81. The number of nitrogens with zero attached hydrogens (tertiary/aromatic N) is 3. The quantitative estimate of drug-likeness (QED) is 0.146. The molecule has 0 aromatic heterocycles. The van der Waals surface area contributed by atoms with Crippen LogP contribution < -0.4 is 0 Å². The topological polar surface area (TPSA) is 120 Å². The first-order valence-corrected chi connectivity index (χ1v) is 14.5. The highest BCUT2D eigenvalue weighted by Gasteiger charge is 2.53. The van der Waals surface area contributed by atoms with E-state index < -0.39 is 49.0 Å². The standard InChI is InChI=1S/C20H37N3O6SSi/c1-11(2)31(12(3)4,13(5)6)30-20-19(26-9)17(22-23-21)18(28-15(8)25)16(29-20)10-27-14(7)24/h11-13,16-20H,10H2,1-9H3/t16-,17+,18+,19-,20-/m1/s1. The van der Waals surface area contributed by atoms with Crippen LogP contribution in [-0.4, -0.2) is 62.7 Å². The van der Waals surface area contributed by atoms with Gasteiger partial charge in [0.2, 0.25) is 0 Å². The SMILES string of the molecule is CO[C@@H]1[C@@H](N=[N+]=[N-])[C@@H](OC(C)=O)[C@@H](COC(C)=O)O[C@@H]1S[Si](C(C)C)(C(C)C)C(C)C. The maximum Gasteiger partial charge on any atom is 0.303 e. The second-order valence-corrected chi connectivity index (χ2v) is 17.5. The fourth-order valence-electron chi connectivity index (χ4n) is 4.71. The first-order valence-electron chi connectivity index (χ1n) is 10.6. The van der Waals surface area contributed by atoms with Crippen LogP contribution in [0.15, 0.2) is 5.11 Å². The molecule has 0 spiro atoms. The number of rotatable bonds is 10. The molecule has 1 rings (SSSR count). The highest BCUT2D eigenvalue weighted by atomic mass is 32.4. The van der Waals surface area contributed by atoms with Crippen LogP contribution >= 0.6 is 11.2 Å². The zero-order valence-corrected chi connectivity index (χ0v) is 21.8. The van der Waals surface area contributed by atoms with E-state index in [0.717, 1.165) is 0 Å². The Labute approximate surface area is 190 Å². The second kappa shape index (κ2) is 12.1. The highest BCUT2D eigenvalue weighted by Crippen LogP contribution is 2.52. The van der Waals surface area contributed by atoms with Crippen molar-refractivity contribution in [3.63, 3.8) is 0 Å². The average molecular weight is 476 g/mol. The zero-order chi connectivity index (χ0) is 23.9. The summed E-state index contributed by atoms with van der Waals surface area (Å²) >= 11 is 1.79. The van der Waals surface area contributed by atoms with Gasteiger partial charge in [0.15, 0.2) is 0 Å².